The molecule has 88 valence electrons. The molecular weight excluding hydrogens is 224 g/mol. The maximum absolute atomic E-state index is 12.0. The molecule has 2 aliphatic carbocycles. The summed E-state index contributed by atoms with van der Waals surface area (Å²) >= 11 is 0. The molecule has 0 unspecified atom stereocenters. The van der Waals surface area contributed by atoms with E-state index in [1.165, 1.54) is 24.3 Å². The van der Waals surface area contributed by atoms with Crippen LogP contribution in [0, 0.1) is 5.92 Å². The number of carbonyl (C=O) groups excluding carboxylic acids is 2. The van der Waals surface area contributed by atoms with Gasteiger partial charge in [0.2, 0.25) is 0 Å². The first-order chi connectivity index (χ1) is 7.85. The van der Waals surface area contributed by atoms with Crippen LogP contribution in [-0.2, 0) is 4.79 Å². The molecule has 0 atom stereocenters. The molecule has 0 amide bonds. The molecular formula is C11H10N2O4. The molecule has 5 N–H and O–H groups in total. The van der Waals surface area contributed by atoms with Crippen molar-refractivity contribution in [3.8, 4) is 0 Å². The number of carbonyl (C=O) groups is 3. The second-order valence-electron chi connectivity index (χ2n) is 3.98. The van der Waals surface area contributed by atoms with Crippen molar-refractivity contribution < 1.29 is 19.5 Å². The van der Waals surface area contributed by atoms with Gasteiger partial charge in [-0.25, -0.2) is 4.79 Å². The predicted molar refractivity (Wildman–Crippen MR) is 57.3 cm³/mol. The van der Waals surface area contributed by atoms with Crippen LogP contribution >= 0.6 is 0 Å². The zero-order valence-electron chi connectivity index (χ0n) is 8.71. The second kappa shape index (κ2) is 3.47. The maximum Gasteiger partial charge on any atom is 0.339 e. The molecule has 0 saturated heterocycles. The zero-order valence-corrected chi connectivity index (χ0v) is 8.71. The summed E-state index contributed by atoms with van der Waals surface area (Å²) in [6, 6.07) is 5.81. The van der Waals surface area contributed by atoms with Gasteiger partial charge in [0.25, 0.3) is 0 Å². The summed E-state index contributed by atoms with van der Waals surface area (Å²) in [5.41, 5.74) is 8.84. The Morgan fingerprint density at radius 2 is 1.41 bits per heavy atom. The minimum atomic E-state index is -2.40. The van der Waals surface area contributed by atoms with Gasteiger partial charge >= 0.3 is 5.97 Å². The van der Waals surface area contributed by atoms with Crippen LogP contribution in [-0.4, -0.2) is 28.3 Å². The molecule has 0 aliphatic heterocycles. The van der Waals surface area contributed by atoms with E-state index in [0.717, 1.165) is 0 Å². The molecule has 0 aromatic heterocycles. The largest absolute Gasteiger partial charge is 0.479 e. The van der Waals surface area contributed by atoms with Gasteiger partial charge in [-0.1, -0.05) is 24.3 Å². The van der Waals surface area contributed by atoms with Gasteiger partial charge in [0.15, 0.2) is 17.2 Å². The highest BCUT2D eigenvalue weighted by Gasteiger charge is 2.49. The van der Waals surface area contributed by atoms with Gasteiger partial charge < -0.3 is 16.6 Å². The molecule has 0 heterocycles. The number of benzene rings is 1. The van der Waals surface area contributed by atoms with Crippen molar-refractivity contribution in [2.24, 2.45) is 17.4 Å². The number of nitrogens with two attached hydrogens (primary N) is 2. The van der Waals surface area contributed by atoms with Gasteiger partial charge in [0, 0.05) is 11.1 Å². The highest BCUT2D eigenvalue weighted by molar-refractivity contribution is 6.21. The third-order valence-electron chi connectivity index (χ3n) is 2.83. The summed E-state index contributed by atoms with van der Waals surface area (Å²) in [6.45, 7) is 0. The van der Waals surface area contributed by atoms with E-state index in [1.54, 1.807) is 0 Å². The van der Waals surface area contributed by atoms with Gasteiger partial charge in [-0.2, -0.15) is 0 Å². The molecule has 0 radical (unpaired) electrons. The van der Waals surface area contributed by atoms with Crippen LogP contribution in [0.3, 0.4) is 0 Å². The Bertz CT molecular complexity index is 484. The van der Waals surface area contributed by atoms with Gasteiger partial charge in [0.1, 0.15) is 5.92 Å². The van der Waals surface area contributed by atoms with Crippen LogP contribution in [0.25, 0.3) is 0 Å². The fraction of sp³-hybridized carbons (Fsp3) is 0.182. The lowest BCUT2D eigenvalue weighted by Crippen LogP contribution is -2.65. The lowest BCUT2D eigenvalue weighted by Gasteiger charge is -2.26. The number of ketones is 2. The lowest BCUT2D eigenvalue weighted by molar-refractivity contribution is -0.144. The molecule has 6 heteroatoms. The Kier molecular flexibility index (Phi) is 2.34. The fourth-order valence-electron chi connectivity index (χ4n) is 1.81. The number of hydrogen-bond donors (Lipinski definition) is 3. The zero-order chi connectivity index (χ0) is 12.8. The summed E-state index contributed by atoms with van der Waals surface area (Å²) in [6.07, 6.45) is 0. The normalized spacial score (nSPS) is 16.1. The Balaban J connectivity index is 2.58. The summed E-state index contributed by atoms with van der Waals surface area (Å²) in [5, 5.41) is 8.90. The molecule has 6 nitrogen and oxygen atoms in total. The van der Waals surface area contributed by atoms with E-state index in [-0.39, 0.29) is 11.1 Å². The molecule has 1 aromatic carbocycles. The molecule has 3 rings (SSSR count). The number of rotatable bonds is 2. The first-order valence-corrected chi connectivity index (χ1v) is 4.85. The van der Waals surface area contributed by atoms with E-state index in [4.69, 9.17) is 16.6 Å². The van der Waals surface area contributed by atoms with Crippen molar-refractivity contribution in [2.45, 2.75) is 5.66 Å². The summed E-state index contributed by atoms with van der Waals surface area (Å²) < 4.78 is 0. The average Bonchev–Trinajstić information content (AvgIpc) is 2.46. The highest BCUT2D eigenvalue weighted by atomic mass is 16.4. The fourth-order valence-corrected chi connectivity index (χ4v) is 1.81. The van der Waals surface area contributed by atoms with Gasteiger partial charge in [-0.3, -0.25) is 9.59 Å². The number of fused-ring (bicyclic) bond motifs is 4. The van der Waals surface area contributed by atoms with Gasteiger partial charge in [-0.15, -0.1) is 0 Å². The third-order valence-corrected chi connectivity index (χ3v) is 2.83. The summed E-state index contributed by atoms with van der Waals surface area (Å²) in [5.74, 6) is -4.51. The molecule has 17 heavy (non-hydrogen) atoms. The van der Waals surface area contributed by atoms with E-state index in [0.29, 0.717) is 0 Å². The van der Waals surface area contributed by atoms with Gasteiger partial charge in [-0.05, 0) is 0 Å². The highest BCUT2D eigenvalue weighted by Crippen LogP contribution is 2.26. The van der Waals surface area contributed by atoms with Crippen molar-refractivity contribution in [1.82, 2.24) is 0 Å². The van der Waals surface area contributed by atoms with Crippen molar-refractivity contribution in [3.05, 3.63) is 35.4 Å². The quantitative estimate of drug-likeness (QED) is 0.462. The van der Waals surface area contributed by atoms with Crippen LogP contribution in [0.1, 0.15) is 20.7 Å². The van der Waals surface area contributed by atoms with Gasteiger partial charge in [0.05, 0.1) is 0 Å². The van der Waals surface area contributed by atoms with E-state index in [1.807, 2.05) is 0 Å². The summed E-state index contributed by atoms with van der Waals surface area (Å²) in [4.78, 5) is 34.9. The molecule has 1 aromatic rings. The standard InChI is InChI=1S/C11H10N2O4/c12-11(13,10(16)17)7-8(14)5-1-2-6(4-3-5)9(7)15/h1-4,7H,12-13H2,(H,16,17). The minimum Gasteiger partial charge on any atom is -0.479 e. The smallest absolute Gasteiger partial charge is 0.339 e. The van der Waals surface area contributed by atoms with Crippen molar-refractivity contribution in [1.29, 1.82) is 0 Å². The topological polar surface area (TPSA) is 123 Å². The maximum atomic E-state index is 12.0. The van der Waals surface area contributed by atoms with Crippen LogP contribution in [0.4, 0.5) is 0 Å². The van der Waals surface area contributed by atoms with E-state index >= 15 is 0 Å². The first-order valence-electron chi connectivity index (χ1n) is 4.85. The number of carboxylic acids is 1. The Labute approximate surface area is 96.2 Å². The third kappa shape index (κ3) is 1.54. The van der Waals surface area contributed by atoms with E-state index in [9.17, 15) is 14.4 Å². The number of aliphatic carboxylic acids is 1. The Hall–Kier alpha value is -2.05. The van der Waals surface area contributed by atoms with Crippen LogP contribution in [0.15, 0.2) is 24.3 Å². The predicted octanol–water partition coefficient (Wildman–Crippen LogP) is -0.620. The van der Waals surface area contributed by atoms with Crippen LogP contribution < -0.4 is 11.5 Å². The Morgan fingerprint density at radius 3 is 1.71 bits per heavy atom. The van der Waals surface area contributed by atoms with Crippen molar-refractivity contribution in [2.75, 3.05) is 0 Å². The van der Waals surface area contributed by atoms with Crippen LogP contribution in [0.2, 0.25) is 0 Å². The molecule has 0 spiro atoms. The SMILES string of the molecule is NC(N)(C(=O)O)C1C(=O)c2ccc(cc2)C1=O. The minimum absolute atomic E-state index is 0.228. The van der Waals surface area contributed by atoms with Crippen molar-refractivity contribution >= 4 is 17.5 Å². The first kappa shape index (κ1) is 11.4. The molecule has 2 bridgehead atoms. The number of hydrogen-bond acceptors (Lipinski definition) is 5. The number of Topliss-reactive ketones (excluding diaryl/α,β-unsaturated/α-hetero) is 2. The summed E-state index contributed by atoms with van der Waals surface area (Å²) in [7, 11) is 0. The number of carboxylic acid groups (broad SMARTS) is 1. The molecule has 0 fully saturated rings. The average molecular weight is 234 g/mol. The molecule has 2 aliphatic rings. The monoisotopic (exact) mass is 234 g/mol. The van der Waals surface area contributed by atoms with Crippen molar-refractivity contribution in [3.63, 3.8) is 0 Å². The Morgan fingerprint density at radius 1 is 1.06 bits per heavy atom. The van der Waals surface area contributed by atoms with E-state index < -0.39 is 29.1 Å². The molecule has 0 saturated carbocycles. The van der Waals surface area contributed by atoms with E-state index in [2.05, 4.69) is 0 Å². The lowest BCUT2D eigenvalue weighted by atomic mass is 9.84. The van der Waals surface area contributed by atoms with Crippen LogP contribution in [0.5, 0.6) is 0 Å². The second-order valence-corrected chi connectivity index (χ2v) is 3.98.